The zero-order chi connectivity index (χ0) is 14.8. The molecule has 0 spiro atoms. The third-order valence-corrected chi connectivity index (χ3v) is 4.23. The molecule has 1 atom stereocenters. The van der Waals surface area contributed by atoms with Gasteiger partial charge in [0.2, 0.25) is 0 Å². The molecule has 0 fully saturated rings. The average Bonchev–Trinajstić information content (AvgIpc) is 2.37. The van der Waals surface area contributed by atoms with Gasteiger partial charge in [0.15, 0.2) is 5.12 Å². The molecule has 0 saturated heterocycles. The molecular weight excluding hydrogens is 272 g/mol. The number of benzene rings is 2. The van der Waals surface area contributed by atoms with E-state index in [-0.39, 0.29) is 5.12 Å². The summed E-state index contributed by atoms with van der Waals surface area (Å²) in [6.45, 7) is 2.99. The highest BCUT2D eigenvalue weighted by Gasteiger charge is 2.35. The largest absolute Gasteiger partial charge is 0.480 e. The lowest BCUT2D eigenvalue weighted by molar-refractivity contribution is -0.139. The first-order chi connectivity index (χ1) is 9.40. The third-order valence-electron chi connectivity index (χ3n) is 3.18. The summed E-state index contributed by atoms with van der Waals surface area (Å²) >= 11 is 0.872. The number of carboxylic acid groups (broad SMARTS) is 1. The van der Waals surface area contributed by atoms with Crippen molar-refractivity contribution in [3.8, 4) is 0 Å². The number of carbonyl (C=O) groups is 2. The van der Waals surface area contributed by atoms with Gasteiger partial charge in [-0.2, -0.15) is 0 Å². The normalized spacial score (nSPS) is 13.9. The van der Waals surface area contributed by atoms with Crippen molar-refractivity contribution in [3.63, 3.8) is 0 Å². The fraction of sp³-hybridized carbons (Fsp3) is 0.250. The molecule has 4 heteroatoms. The van der Waals surface area contributed by atoms with Crippen LogP contribution in [-0.2, 0) is 16.0 Å². The Labute approximate surface area is 122 Å². The molecule has 0 bridgehead atoms. The van der Waals surface area contributed by atoms with E-state index < -0.39 is 10.7 Å². The van der Waals surface area contributed by atoms with Gasteiger partial charge in [-0.05, 0) is 29.7 Å². The van der Waals surface area contributed by atoms with Crippen LogP contribution in [-0.4, -0.2) is 20.9 Å². The van der Waals surface area contributed by atoms with E-state index >= 15 is 0 Å². The van der Waals surface area contributed by atoms with Crippen molar-refractivity contribution in [1.29, 1.82) is 0 Å². The Kier molecular flexibility index (Phi) is 4.14. The zero-order valence-electron chi connectivity index (χ0n) is 11.4. The van der Waals surface area contributed by atoms with Crippen LogP contribution >= 0.6 is 11.8 Å². The Hall–Kier alpha value is -1.81. The van der Waals surface area contributed by atoms with Gasteiger partial charge in [0, 0.05) is 6.92 Å². The highest BCUT2D eigenvalue weighted by Crippen LogP contribution is 2.31. The molecule has 2 aromatic carbocycles. The van der Waals surface area contributed by atoms with Crippen molar-refractivity contribution in [3.05, 3.63) is 48.0 Å². The van der Waals surface area contributed by atoms with Gasteiger partial charge in [0.1, 0.15) is 4.75 Å². The summed E-state index contributed by atoms with van der Waals surface area (Å²) in [7, 11) is 0. The first-order valence-electron chi connectivity index (χ1n) is 6.31. The second kappa shape index (κ2) is 5.67. The maximum atomic E-state index is 11.5. The Morgan fingerprint density at radius 2 is 1.80 bits per heavy atom. The van der Waals surface area contributed by atoms with E-state index in [9.17, 15) is 14.7 Å². The molecule has 2 rings (SSSR count). The van der Waals surface area contributed by atoms with Crippen LogP contribution in [0.5, 0.6) is 0 Å². The topological polar surface area (TPSA) is 54.4 Å². The van der Waals surface area contributed by atoms with Crippen LogP contribution < -0.4 is 0 Å². The molecule has 0 radical (unpaired) electrons. The molecule has 0 aliphatic carbocycles. The van der Waals surface area contributed by atoms with Crippen LogP contribution in [0, 0.1) is 0 Å². The minimum Gasteiger partial charge on any atom is -0.480 e. The van der Waals surface area contributed by atoms with Crippen LogP contribution in [0.15, 0.2) is 42.5 Å². The van der Waals surface area contributed by atoms with Gasteiger partial charge in [0.25, 0.3) is 0 Å². The highest BCUT2D eigenvalue weighted by atomic mass is 32.2. The fourth-order valence-electron chi connectivity index (χ4n) is 2.21. The van der Waals surface area contributed by atoms with Crippen LogP contribution in [0.1, 0.15) is 19.4 Å². The minimum absolute atomic E-state index is 0.185. The van der Waals surface area contributed by atoms with E-state index in [0.717, 1.165) is 28.1 Å². The molecule has 104 valence electrons. The van der Waals surface area contributed by atoms with Gasteiger partial charge >= 0.3 is 5.97 Å². The van der Waals surface area contributed by atoms with Crippen molar-refractivity contribution < 1.29 is 14.7 Å². The van der Waals surface area contributed by atoms with E-state index in [0.29, 0.717) is 6.42 Å². The zero-order valence-corrected chi connectivity index (χ0v) is 12.2. The van der Waals surface area contributed by atoms with Crippen molar-refractivity contribution in [2.75, 3.05) is 0 Å². The monoisotopic (exact) mass is 288 g/mol. The molecule has 0 heterocycles. The fourth-order valence-corrected chi connectivity index (χ4v) is 3.17. The summed E-state index contributed by atoms with van der Waals surface area (Å²) in [6, 6.07) is 13.8. The SMILES string of the molecule is CC(=O)SC(C)(Cc1ccc2ccccc2c1)C(=O)O. The smallest absolute Gasteiger partial charge is 0.320 e. The van der Waals surface area contributed by atoms with E-state index in [2.05, 4.69) is 0 Å². The van der Waals surface area contributed by atoms with Crippen LogP contribution in [0.2, 0.25) is 0 Å². The summed E-state index contributed by atoms with van der Waals surface area (Å²) in [5.41, 5.74) is 0.919. The van der Waals surface area contributed by atoms with Gasteiger partial charge in [-0.3, -0.25) is 9.59 Å². The van der Waals surface area contributed by atoms with Crippen molar-refractivity contribution in [1.82, 2.24) is 0 Å². The summed E-state index contributed by atoms with van der Waals surface area (Å²) in [4.78, 5) is 22.7. The molecule has 3 nitrogen and oxygen atoms in total. The first-order valence-corrected chi connectivity index (χ1v) is 7.13. The van der Waals surface area contributed by atoms with Gasteiger partial charge in [-0.25, -0.2) is 0 Å². The number of fused-ring (bicyclic) bond motifs is 1. The number of hydrogen-bond acceptors (Lipinski definition) is 3. The van der Waals surface area contributed by atoms with Gasteiger partial charge in [-0.15, -0.1) is 0 Å². The van der Waals surface area contributed by atoms with Gasteiger partial charge < -0.3 is 5.11 Å². The number of rotatable bonds is 4. The van der Waals surface area contributed by atoms with Crippen LogP contribution in [0.25, 0.3) is 10.8 Å². The molecule has 1 N–H and O–H groups in total. The van der Waals surface area contributed by atoms with E-state index in [1.165, 1.54) is 6.92 Å². The quantitative estimate of drug-likeness (QED) is 0.935. The van der Waals surface area contributed by atoms with Crippen molar-refractivity contribution in [2.24, 2.45) is 0 Å². The van der Waals surface area contributed by atoms with Gasteiger partial charge in [0.05, 0.1) is 0 Å². The number of thioether (sulfide) groups is 1. The second-order valence-corrected chi connectivity index (χ2v) is 6.67. The Balaban J connectivity index is 2.33. The standard InChI is InChI=1S/C16H16O3S/c1-11(17)20-16(2,15(18)19)10-12-7-8-13-5-3-4-6-14(13)9-12/h3-9H,10H2,1-2H3,(H,18,19). The van der Waals surface area contributed by atoms with Crippen LogP contribution in [0.4, 0.5) is 0 Å². The highest BCUT2D eigenvalue weighted by molar-refractivity contribution is 8.15. The number of carbonyl (C=O) groups excluding carboxylic acids is 1. The molecule has 20 heavy (non-hydrogen) atoms. The summed E-state index contributed by atoms with van der Waals surface area (Å²) in [5, 5.41) is 11.4. The van der Waals surface area contributed by atoms with Crippen molar-refractivity contribution >= 4 is 33.6 Å². The molecule has 2 aromatic rings. The third kappa shape index (κ3) is 3.20. The number of hydrogen-bond donors (Lipinski definition) is 1. The predicted molar refractivity (Wildman–Crippen MR) is 82.0 cm³/mol. The Bertz CT molecular complexity index is 666. The first kappa shape index (κ1) is 14.6. The maximum Gasteiger partial charge on any atom is 0.320 e. The molecule has 0 amide bonds. The predicted octanol–water partition coefficient (Wildman–Crippen LogP) is 3.51. The average molecular weight is 288 g/mol. The lowest BCUT2D eigenvalue weighted by Crippen LogP contribution is -2.35. The van der Waals surface area contributed by atoms with Crippen molar-refractivity contribution in [2.45, 2.75) is 25.0 Å². The van der Waals surface area contributed by atoms with E-state index in [1.807, 2.05) is 42.5 Å². The Morgan fingerprint density at radius 3 is 2.40 bits per heavy atom. The molecule has 0 aliphatic rings. The summed E-state index contributed by atoms with van der Waals surface area (Å²) in [6.07, 6.45) is 0.317. The molecule has 1 unspecified atom stereocenters. The number of carboxylic acids is 1. The lowest BCUT2D eigenvalue weighted by atomic mass is 9.98. The molecule has 0 aromatic heterocycles. The molecular formula is C16H16O3S. The maximum absolute atomic E-state index is 11.5. The van der Waals surface area contributed by atoms with Crippen LogP contribution in [0.3, 0.4) is 0 Å². The summed E-state index contributed by atoms with van der Waals surface area (Å²) < 4.78 is -1.13. The summed E-state index contributed by atoms with van der Waals surface area (Å²) in [5.74, 6) is -0.967. The molecule has 0 saturated carbocycles. The van der Waals surface area contributed by atoms with Gasteiger partial charge in [-0.1, -0.05) is 54.2 Å². The van der Waals surface area contributed by atoms with E-state index in [4.69, 9.17) is 0 Å². The Morgan fingerprint density at radius 1 is 1.15 bits per heavy atom. The minimum atomic E-state index is -1.13. The van der Waals surface area contributed by atoms with E-state index in [1.54, 1.807) is 6.92 Å². The second-order valence-electron chi connectivity index (χ2n) is 4.99. The number of aliphatic carboxylic acids is 1. The lowest BCUT2D eigenvalue weighted by Gasteiger charge is -2.22. The molecule has 0 aliphatic heterocycles.